The topological polar surface area (TPSA) is 125 Å². The van der Waals surface area contributed by atoms with E-state index >= 15 is 0 Å². The summed E-state index contributed by atoms with van der Waals surface area (Å²) in [5, 5.41) is 1.08. The Hall–Kier alpha value is -1.89. The standard InChI is InChI=1S/C25H26Cl2N2O7S2Se/c1-2-17(13-24-28(9-3-11-37(30,31)32)20-15-18(26)5-7-22(20)36-24)14-25-29(10-4-12-38(33,34)35)21-16-19(27)6-8-23(21)39-25/h5-8,13-16H,2-4,9-12H2,1H3,(H-,30,31,32,33,34,35)/p+1. The minimum absolute atomic E-state index is 0.0703. The van der Waals surface area contributed by atoms with Crippen LogP contribution in [0.5, 0.6) is 5.75 Å². The van der Waals surface area contributed by atoms with Gasteiger partial charge in [-0.1, -0.05) is 0 Å². The van der Waals surface area contributed by atoms with Crippen molar-refractivity contribution < 1.29 is 35.2 Å². The molecule has 4 rings (SSSR count). The molecule has 0 atom stereocenters. The first-order valence-corrected chi connectivity index (χ1v) is 17.7. The van der Waals surface area contributed by atoms with Crippen LogP contribution in [-0.4, -0.2) is 58.5 Å². The van der Waals surface area contributed by atoms with Crippen LogP contribution < -0.4 is 14.2 Å². The Morgan fingerprint density at radius 1 is 1.03 bits per heavy atom. The van der Waals surface area contributed by atoms with Crippen LogP contribution in [0.25, 0.3) is 15.9 Å². The molecule has 2 aromatic carbocycles. The van der Waals surface area contributed by atoms with Crippen LogP contribution in [0.1, 0.15) is 30.8 Å². The molecule has 0 aliphatic carbocycles. The maximum atomic E-state index is 11.3. The second kappa shape index (κ2) is 12.3. The van der Waals surface area contributed by atoms with Crippen LogP contribution in [-0.2, 0) is 26.8 Å². The summed E-state index contributed by atoms with van der Waals surface area (Å²) in [6.07, 6.45) is 5.00. The number of ether oxygens (including phenoxy) is 1. The number of rotatable bonds is 11. The van der Waals surface area contributed by atoms with Crippen molar-refractivity contribution in [2.75, 3.05) is 23.0 Å². The molecule has 39 heavy (non-hydrogen) atoms. The molecule has 2 heterocycles. The van der Waals surface area contributed by atoms with Crippen molar-refractivity contribution in [2.45, 2.75) is 32.7 Å². The van der Waals surface area contributed by atoms with Gasteiger partial charge >= 0.3 is 245 Å². The zero-order valence-electron chi connectivity index (χ0n) is 20.9. The van der Waals surface area contributed by atoms with Gasteiger partial charge in [0, 0.05) is 0 Å². The SMILES string of the molecule is CCC(/C=C1\Oc2ccc(Cl)cc2N1CCCS(=O)(=O)O)=C\c1[se]c2ccc(Cl)cc2[n+]1CCCS(=O)(=O)O. The summed E-state index contributed by atoms with van der Waals surface area (Å²) < 4.78 is 73.8. The number of halogens is 2. The fourth-order valence-corrected chi connectivity index (χ4v) is 7.92. The van der Waals surface area contributed by atoms with E-state index in [1.807, 2.05) is 46.7 Å². The number of hydrogen-bond donors (Lipinski definition) is 2. The quantitative estimate of drug-likeness (QED) is 0.171. The van der Waals surface area contributed by atoms with E-state index in [1.54, 1.807) is 18.2 Å². The summed E-state index contributed by atoms with van der Waals surface area (Å²) in [6.45, 7) is 2.67. The summed E-state index contributed by atoms with van der Waals surface area (Å²) in [6, 6.07) is 10.8. The Balaban J connectivity index is 1.71. The summed E-state index contributed by atoms with van der Waals surface area (Å²) in [5.74, 6) is 0.351. The third-order valence-corrected chi connectivity index (χ3v) is 10.4. The van der Waals surface area contributed by atoms with Crippen LogP contribution in [0, 0.1) is 0 Å². The van der Waals surface area contributed by atoms with Crippen LogP contribution in [0.4, 0.5) is 5.69 Å². The number of nitrogens with zero attached hydrogens (tertiary/aromatic N) is 2. The van der Waals surface area contributed by atoms with E-state index < -0.39 is 20.2 Å². The first-order valence-electron chi connectivity index (χ1n) is 12.0. The van der Waals surface area contributed by atoms with Gasteiger partial charge in [0.2, 0.25) is 0 Å². The molecule has 3 aromatic rings. The van der Waals surface area contributed by atoms with Gasteiger partial charge in [-0.3, -0.25) is 0 Å². The zero-order chi connectivity index (χ0) is 28.4. The Morgan fingerprint density at radius 2 is 1.69 bits per heavy atom. The molecule has 1 aliphatic rings. The van der Waals surface area contributed by atoms with E-state index in [-0.39, 0.29) is 45.4 Å². The first kappa shape index (κ1) is 30.1. The molecule has 1 aliphatic heterocycles. The summed E-state index contributed by atoms with van der Waals surface area (Å²) >= 11 is 12.4. The van der Waals surface area contributed by atoms with Crippen LogP contribution in [0.3, 0.4) is 0 Å². The van der Waals surface area contributed by atoms with Gasteiger partial charge in [0.25, 0.3) is 0 Å². The molecule has 14 heteroatoms. The first-order chi connectivity index (χ1) is 18.3. The van der Waals surface area contributed by atoms with Crippen LogP contribution >= 0.6 is 23.2 Å². The van der Waals surface area contributed by atoms with E-state index in [4.69, 9.17) is 27.9 Å². The molecule has 0 amide bonds. The molecule has 0 saturated carbocycles. The van der Waals surface area contributed by atoms with Gasteiger partial charge in [-0.2, -0.15) is 0 Å². The molecule has 9 nitrogen and oxygen atoms in total. The Kier molecular flexibility index (Phi) is 9.50. The average Bonchev–Trinajstić information content (AvgIpc) is 3.34. The van der Waals surface area contributed by atoms with Crippen LogP contribution in [0.15, 0.2) is 53.9 Å². The van der Waals surface area contributed by atoms with Gasteiger partial charge in [0.05, 0.1) is 0 Å². The number of fused-ring (bicyclic) bond motifs is 2. The van der Waals surface area contributed by atoms with Crippen molar-refractivity contribution in [1.29, 1.82) is 0 Å². The van der Waals surface area contributed by atoms with Crippen molar-refractivity contribution in [3.8, 4) is 5.75 Å². The van der Waals surface area contributed by atoms with Crippen molar-refractivity contribution in [3.05, 3.63) is 68.5 Å². The molecular formula is C25H27Cl2N2O7S2Se+. The molecule has 210 valence electrons. The van der Waals surface area contributed by atoms with Crippen molar-refractivity contribution >= 4 is 79.5 Å². The van der Waals surface area contributed by atoms with Gasteiger partial charge < -0.3 is 0 Å². The van der Waals surface area contributed by atoms with Gasteiger partial charge in [-0.25, -0.2) is 0 Å². The Labute approximate surface area is 243 Å². The number of anilines is 1. The summed E-state index contributed by atoms with van der Waals surface area (Å²) in [4.78, 5) is 1.83. The number of aromatic nitrogens is 1. The molecule has 0 fully saturated rings. The molecule has 0 unspecified atom stereocenters. The molecule has 0 radical (unpaired) electrons. The number of benzene rings is 2. The van der Waals surface area contributed by atoms with Crippen molar-refractivity contribution in [2.24, 2.45) is 0 Å². The van der Waals surface area contributed by atoms with E-state index in [0.717, 1.165) is 19.9 Å². The van der Waals surface area contributed by atoms with Gasteiger partial charge in [-0.05, 0) is 0 Å². The van der Waals surface area contributed by atoms with Gasteiger partial charge in [0.15, 0.2) is 0 Å². The molecule has 2 N–H and O–H groups in total. The normalized spacial score (nSPS) is 15.3. The molecule has 0 bridgehead atoms. The number of hydrogen-bond acceptors (Lipinski definition) is 6. The maximum absolute atomic E-state index is 11.3. The van der Waals surface area contributed by atoms with Crippen LogP contribution in [0.2, 0.25) is 10.0 Å². The second-order valence-corrected chi connectivity index (χ2v) is 15.1. The fourth-order valence-electron chi connectivity index (χ4n) is 4.20. The molecule has 0 saturated heterocycles. The van der Waals surface area contributed by atoms with Crippen molar-refractivity contribution in [3.63, 3.8) is 0 Å². The third-order valence-electron chi connectivity index (χ3n) is 5.98. The Bertz CT molecular complexity index is 1670. The zero-order valence-corrected chi connectivity index (χ0v) is 25.7. The monoisotopic (exact) mass is 681 g/mol. The Morgan fingerprint density at radius 3 is 2.38 bits per heavy atom. The average molecular weight is 681 g/mol. The van der Waals surface area contributed by atoms with E-state index in [2.05, 4.69) is 0 Å². The van der Waals surface area contributed by atoms with Gasteiger partial charge in [-0.15, -0.1) is 0 Å². The molecular weight excluding hydrogens is 654 g/mol. The van der Waals surface area contributed by atoms with Crippen molar-refractivity contribution in [1.82, 2.24) is 0 Å². The van der Waals surface area contributed by atoms with E-state index in [1.165, 1.54) is 0 Å². The number of allylic oxidation sites excluding steroid dienone is 2. The minimum atomic E-state index is -4.11. The predicted molar refractivity (Wildman–Crippen MR) is 154 cm³/mol. The molecule has 1 aromatic heterocycles. The third kappa shape index (κ3) is 8.08. The van der Waals surface area contributed by atoms with E-state index in [0.29, 0.717) is 40.3 Å². The summed E-state index contributed by atoms with van der Waals surface area (Å²) in [5.41, 5.74) is 2.55. The predicted octanol–water partition coefficient (Wildman–Crippen LogP) is 4.58. The summed E-state index contributed by atoms with van der Waals surface area (Å²) in [7, 11) is -8.19. The second-order valence-electron chi connectivity index (χ2n) is 8.90. The van der Waals surface area contributed by atoms with E-state index in [9.17, 15) is 25.9 Å². The number of aryl methyl sites for hydroxylation is 1. The van der Waals surface area contributed by atoms with Gasteiger partial charge in [0.1, 0.15) is 0 Å². The molecule has 0 spiro atoms. The fraction of sp³-hybridized carbons (Fsp3) is 0.320.